The molecule has 86 valence electrons. The van der Waals surface area contributed by atoms with Crippen molar-refractivity contribution in [1.82, 2.24) is 0 Å². The molecule has 2 rings (SSSR count). The molecule has 0 spiro atoms. The van der Waals surface area contributed by atoms with E-state index in [1.165, 1.54) is 12.3 Å². The molecular weight excluding hydrogens is 221 g/mol. The minimum atomic E-state index is -4.36. The molecule has 0 saturated heterocycles. The zero-order valence-corrected chi connectivity index (χ0v) is 8.21. The minimum Gasteiger partial charge on any atom is -0.464 e. The lowest BCUT2D eigenvalue weighted by molar-refractivity contribution is -0.137. The van der Waals surface area contributed by atoms with Gasteiger partial charge in [0.05, 0.1) is 11.8 Å². The van der Waals surface area contributed by atoms with Crippen LogP contribution < -0.4 is 0 Å². The number of alkyl halides is 3. The summed E-state index contributed by atoms with van der Waals surface area (Å²) >= 11 is 0. The van der Waals surface area contributed by atoms with Crippen LogP contribution in [0.25, 0.3) is 11.0 Å². The molecule has 0 fully saturated rings. The van der Waals surface area contributed by atoms with E-state index in [2.05, 4.69) is 0 Å². The van der Waals surface area contributed by atoms with Gasteiger partial charge in [0, 0.05) is 17.6 Å². The Morgan fingerprint density at radius 1 is 1.25 bits per heavy atom. The first-order valence-electron chi connectivity index (χ1n) is 4.70. The predicted molar refractivity (Wildman–Crippen MR) is 52.0 cm³/mol. The van der Waals surface area contributed by atoms with Crippen molar-refractivity contribution in [3.05, 3.63) is 35.6 Å². The summed E-state index contributed by atoms with van der Waals surface area (Å²) in [6.45, 7) is -0.120. The first-order chi connectivity index (χ1) is 7.52. The SMILES string of the molecule is OCCc1coc2ccc(C(F)(F)F)cc12. The number of benzene rings is 1. The third-order valence-electron chi connectivity index (χ3n) is 2.36. The monoisotopic (exact) mass is 230 g/mol. The molecule has 0 saturated carbocycles. The highest BCUT2D eigenvalue weighted by molar-refractivity contribution is 5.81. The lowest BCUT2D eigenvalue weighted by Gasteiger charge is -2.06. The summed E-state index contributed by atoms with van der Waals surface area (Å²) in [7, 11) is 0. The number of furan rings is 1. The lowest BCUT2D eigenvalue weighted by atomic mass is 10.1. The van der Waals surface area contributed by atoms with Crippen LogP contribution in [0.4, 0.5) is 13.2 Å². The summed E-state index contributed by atoms with van der Waals surface area (Å²) in [5.74, 6) is 0. The Labute approximate surface area is 89.3 Å². The van der Waals surface area contributed by atoms with Gasteiger partial charge in [-0.05, 0) is 24.6 Å². The molecule has 0 bridgehead atoms. The average molecular weight is 230 g/mol. The molecule has 1 aromatic heterocycles. The molecule has 0 unspecified atom stereocenters. The smallest absolute Gasteiger partial charge is 0.416 e. The maximum absolute atomic E-state index is 12.5. The van der Waals surface area contributed by atoms with Gasteiger partial charge in [-0.1, -0.05) is 0 Å². The van der Waals surface area contributed by atoms with Crippen molar-refractivity contribution in [1.29, 1.82) is 0 Å². The average Bonchev–Trinajstić information content (AvgIpc) is 2.60. The van der Waals surface area contributed by atoms with Gasteiger partial charge in [-0.15, -0.1) is 0 Å². The first kappa shape index (κ1) is 11.0. The van der Waals surface area contributed by atoms with Crippen LogP contribution in [-0.2, 0) is 12.6 Å². The molecule has 1 aromatic carbocycles. The Morgan fingerprint density at radius 2 is 2.00 bits per heavy atom. The van der Waals surface area contributed by atoms with Crippen molar-refractivity contribution >= 4 is 11.0 Å². The molecule has 2 aromatic rings. The Morgan fingerprint density at radius 3 is 2.62 bits per heavy atom. The van der Waals surface area contributed by atoms with Gasteiger partial charge >= 0.3 is 6.18 Å². The molecule has 2 nitrogen and oxygen atoms in total. The van der Waals surface area contributed by atoms with E-state index in [9.17, 15) is 13.2 Å². The molecule has 0 aliphatic carbocycles. The quantitative estimate of drug-likeness (QED) is 0.860. The van der Waals surface area contributed by atoms with Gasteiger partial charge in [0.25, 0.3) is 0 Å². The first-order valence-corrected chi connectivity index (χ1v) is 4.70. The number of rotatable bonds is 2. The fraction of sp³-hybridized carbons (Fsp3) is 0.273. The molecule has 0 radical (unpaired) electrons. The van der Waals surface area contributed by atoms with Gasteiger partial charge in [0.2, 0.25) is 0 Å². The summed E-state index contributed by atoms with van der Waals surface area (Å²) in [5, 5.41) is 9.17. The molecule has 0 aliphatic rings. The molecule has 0 atom stereocenters. The zero-order chi connectivity index (χ0) is 11.8. The predicted octanol–water partition coefficient (Wildman–Crippen LogP) is 2.99. The highest BCUT2D eigenvalue weighted by Crippen LogP contribution is 2.33. The van der Waals surface area contributed by atoms with Crippen molar-refractivity contribution in [3.63, 3.8) is 0 Å². The van der Waals surface area contributed by atoms with E-state index in [-0.39, 0.29) is 13.0 Å². The number of aliphatic hydroxyl groups is 1. The zero-order valence-electron chi connectivity index (χ0n) is 8.21. The molecule has 0 amide bonds. The number of fused-ring (bicyclic) bond motifs is 1. The van der Waals surface area contributed by atoms with Crippen LogP contribution in [-0.4, -0.2) is 11.7 Å². The maximum atomic E-state index is 12.5. The third kappa shape index (κ3) is 1.90. The van der Waals surface area contributed by atoms with Gasteiger partial charge in [-0.25, -0.2) is 0 Å². The topological polar surface area (TPSA) is 33.4 Å². The number of hydrogen-bond donors (Lipinski definition) is 1. The molecule has 0 aliphatic heterocycles. The van der Waals surface area contributed by atoms with Crippen molar-refractivity contribution in [3.8, 4) is 0 Å². The van der Waals surface area contributed by atoms with Gasteiger partial charge in [-0.2, -0.15) is 13.2 Å². The highest BCUT2D eigenvalue weighted by Gasteiger charge is 2.30. The third-order valence-corrected chi connectivity index (χ3v) is 2.36. The molecular formula is C11H9F3O2. The largest absolute Gasteiger partial charge is 0.464 e. The Balaban J connectivity index is 2.54. The van der Waals surface area contributed by atoms with Crippen LogP contribution >= 0.6 is 0 Å². The number of aliphatic hydroxyl groups excluding tert-OH is 1. The van der Waals surface area contributed by atoms with E-state index in [1.807, 2.05) is 0 Å². The van der Waals surface area contributed by atoms with E-state index in [4.69, 9.17) is 9.52 Å². The fourth-order valence-corrected chi connectivity index (χ4v) is 1.57. The molecule has 16 heavy (non-hydrogen) atoms. The van der Waals surface area contributed by atoms with Crippen LogP contribution in [0.1, 0.15) is 11.1 Å². The van der Waals surface area contributed by atoms with Crippen molar-refractivity contribution in [2.24, 2.45) is 0 Å². The minimum absolute atomic E-state index is 0.120. The normalized spacial score (nSPS) is 12.2. The lowest BCUT2D eigenvalue weighted by Crippen LogP contribution is -2.04. The molecule has 1 N–H and O–H groups in total. The molecule has 1 heterocycles. The summed E-state index contributed by atoms with van der Waals surface area (Å²) in [4.78, 5) is 0. The summed E-state index contributed by atoms with van der Waals surface area (Å²) in [5.41, 5.74) is 0.278. The van der Waals surface area contributed by atoms with Crippen LogP contribution in [0.2, 0.25) is 0 Å². The van der Waals surface area contributed by atoms with Crippen LogP contribution in [0.3, 0.4) is 0 Å². The Hall–Kier alpha value is -1.49. The van der Waals surface area contributed by atoms with E-state index >= 15 is 0 Å². The van der Waals surface area contributed by atoms with Crippen LogP contribution in [0.5, 0.6) is 0 Å². The van der Waals surface area contributed by atoms with E-state index < -0.39 is 11.7 Å². The second kappa shape index (κ2) is 3.83. The number of hydrogen-bond acceptors (Lipinski definition) is 2. The Bertz CT molecular complexity index is 499. The summed E-state index contributed by atoms with van der Waals surface area (Å²) in [6.07, 6.45) is -2.70. The van der Waals surface area contributed by atoms with Crippen LogP contribution in [0, 0.1) is 0 Å². The van der Waals surface area contributed by atoms with E-state index in [0.717, 1.165) is 12.1 Å². The molecule has 5 heteroatoms. The van der Waals surface area contributed by atoms with Crippen molar-refractivity contribution < 1.29 is 22.7 Å². The van der Waals surface area contributed by atoms with Crippen molar-refractivity contribution in [2.45, 2.75) is 12.6 Å². The van der Waals surface area contributed by atoms with E-state index in [0.29, 0.717) is 16.5 Å². The van der Waals surface area contributed by atoms with Gasteiger partial charge in [-0.3, -0.25) is 0 Å². The summed E-state index contributed by atoms with van der Waals surface area (Å²) < 4.78 is 42.5. The van der Waals surface area contributed by atoms with Crippen LogP contribution in [0.15, 0.2) is 28.9 Å². The summed E-state index contributed by atoms with van der Waals surface area (Å²) in [6, 6.07) is 3.32. The second-order valence-electron chi connectivity index (χ2n) is 3.44. The Kier molecular flexibility index (Phi) is 2.63. The second-order valence-corrected chi connectivity index (χ2v) is 3.44. The number of halogens is 3. The van der Waals surface area contributed by atoms with Crippen molar-refractivity contribution in [2.75, 3.05) is 6.61 Å². The highest BCUT2D eigenvalue weighted by atomic mass is 19.4. The maximum Gasteiger partial charge on any atom is 0.416 e. The standard InChI is InChI=1S/C11H9F3O2/c12-11(13,14)8-1-2-10-9(5-8)7(3-4-15)6-16-10/h1-2,5-6,15H,3-4H2. The fourth-order valence-electron chi connectivity index (χ4n) is 1.57. The van der Waals surface area contributed by atoms with Gasteiger partial charge in [0.15, 0.2) is 0 Å². The van der Waals surface area contributed by atoms with Gasteiger partial charge < -0.3 is 9.52 Å². The van der Waals surface area contributed by atoms with E-state index in [1.54, 1.807) is 0 Å². The van der Waals surface area contributed by atoms with Gasteiger partial charge in [0.1, 0.15) is 5.58 Å².